The van der Waals surface area contributed by atoms with Crippen LogP contribution in [0, 0.1) is 13.8 Å². The van der Waals surface area contributed by atoms with Gasteiger partial charge in [-0.05, 0) is 55.7 Å². The Morgan fingerprint density at radius 2 is 1.84 bits per heavy atom. The maximum absolute atomic E-state index is 11.7. The van der Waals surface area contributed by atoms with E-state index in [0.29, 0.717) is 22.2 Å². The fourth-order valence-corrected chi connectivity index (χ4v) is 4.53. The van der Waals surface area contributed by atoms with Gasteiger partial charge in [0.1, 0.15) is 11.3 Å². The Balaban J connectivity index is 1.30. The predicted molar refractivity (Wildman–Crippen MR) is 127 cm³/mol. The molecule has 0 bridgehead atoms. The lowest BCUT2D eigenvalue weighted by Crippen LogP contribution is -2.46. The summed E-state index contributed by atoms with van der Waals surface area (Å²) in [4.78, 5) is 16.4. The number of halogens is 2. The van der Waals surface area contributed by atoms with Crippen molar-refractivity contribution >= 4 is 39.9 Å². The highest BCUT2D eigenvalue weighted by molar-refractivity contribution is 6.43. The number of fused-ring (bicyclic) bond motifs is 1. The molecule has 1 aliphatic rings. The van der Waals surface area contributed by atoms with E-state index in [-0.39, 0.29) is 5.63 Å². The summed E-state index contributed by atoms with van der Waals surface area (Å²) >= 11 is 12.5. The summed E-state index contributed by atoms with van der Waals surface area (Å²) in [6, 6.07) is 11.2. The van der Waals surface area contributed by atoms with E-state index in [1.165, 1.54) is 6.07 Å². The van der Waals surface area contributed by atoms with E-state index in [9.17, 15) is 4.79 Å². The van der Waals surface area contributed by atoms with E-state index in [1.54, 1.807) is 0 Å². The number of nitrogens with zero attached hydrogens (tertiary/aromatic N) is 2. The van der Waals surface area contributed by atoms with Crippen LogP contribution in [0.2, 0.25) is 10.0 Å². The molecule has 1 saturated heterocycles. The molecule has 0 N–H and O–H groups in total. The van der Waals surface area contributed by atoms with Crippen molar-refractivity contribution in [3.8, 4) is 5.75 Å². The molecule has 0 spiro atoms. The predicted octanol–water partition coefficient (Wildman–Crippen LogP) is 5.31. The molecule has 0 atom stereocenters. The molecule has 0 amide bonds. The summed E-state index contributed by atoms with van der Waals surface area (Å²) in [6.45, 7) is 9.24. The first-order valence-electron chi connectivity index (χ1n) is 10.5. The minimum absolute atomic E-state index is 0.334. The van der Waals surface area contributed by atoms with Crippen molar-refractivity contribution in [3.63, 3.8) is 0 Å². The van der Waals surface area contributed by atoms with Crippen molar-refractivity contribution in [2.75, 3.05) is 44.2 Å². The minimum Gasteiger partial charge on any atom is -0.493 e. The van der Waals surface area contributed by atoms with Crippen LogP contribution in [0.4, 0.5) is 5.69 Å². The first-order chi connectivity index (χ1) is 14.9. The number of ether oxygens (including phenoxy) is 1. The van der Waals surface area contributed by atoms with Crippen LogP contribution in [-0.2, 0) is 0 Å². The monoisotopic (exact) mass is 460 g/mol. The lowest BCUT2D eigenvalue weighted by atomic mass is 10.1. The van der Waals surface area contributed by atoms with Gasteiger partial charge in [-0.15, -0.1) is 0 Å². The zero-order valence-electron chi connectivity index (χ0n) is 17.8. The molecule has 0 saturated carbocycles. The Labute approximate surface area is 192 Å². The second-order valence-corrected chi connectivity index (χ2v) is 8.77. The first kappa shape index (κ1) is 22.0. The summed E-state index contributed by atoms with van der Waals surface area (Å²) in [7, 11) is 0. The maximum Gasteiger partial charge on any atom is 0.336 e. The summed E-state index contributed by atoms with van der Waals surface area (Å²) in [5.74, 6) is 0.775. The van der Waals surface area contributed by atoms with E-state index in [2.05, 4.69) is 9.80 Å². The number of aryl methyl sites for hydroxylation is 2. The van der Waals surface area contributed by atoms with Crippen LogP contribution < -0.4 is 15.3 Å². The van der Waals surface area contributed by atoms with Crippen LogP contribution >= 0.6 is 23.2 Å². The standard InChI is InChI=1S/C24H26Cl2N2O3/c1-16-13-20(23-17(2)15-22(29)31-21(23)14-16)30-12-4-7-27-8-10-28(11-9-27)19-6-3-5-18(25)24(19)26/h3,5-6,13-15H,4,7-12H2,1-2H3. The number of rotatable bonds is 6. The molecule has 2 heterocycles. The van der Waals surface area contributed by atoms with Gasteiger partial charge in [0, 0.05) is 38.8 Å². The van der Waals surface area contributed by atoms with Gasteiger partial charge in [0.05, 0.1) is 27.7 Å². The lowest BCUT2D eigenvalue weighted by molar-refractivity contribution is 0.225. The van der Waals surface area contributed by atoms with Gasteiger partial charge in [-0.25, -0.2) is 4.79 Å². The van der Waals surface area contributed by atoms with Crippen molar-refractivity contribution in [2.24, 2.45) is 0 Å². The van der Waals surface area contributed by atoms with E-state index in [1.807, 2.05) is 44.2 Å². The van der Waals surface area contributed by atoms with Gasteiger partial charge in [0.2, 0.25) is 0 Å². The number of hydrogen-bond acceptors (Lipinski definition) is 5. The Morgan fingerprint density at radius 1 is 1.06 bits per heavy atom. The summed E-state index contributed by atoms with van der Waals surface area (Å²) < 4.78 is 11.5. The van der Waals surface area contributed by atoms with Gasteiger partial charge >= 0.3 is 5.63 Å². The quantitative estimate of drug-likeness (QED) is 0.368. The highest BCUT2D eigenvalue weighted by atomic mass is 35.5. The van der Waals surface area contributed by atoms with Gasteiger partial charge in [-0.3, -0.25) is 4.90 Å². The largest absolute Gasteiger partial charge is 0.493 e. The van der Waals surface area contributed by atoms with Gasteiger partial charge in [-0.1, -0.05) is 29.3 Å². The molecule has 0 unspecified atom stereocenters. The number of benzene rings is 2. The SMILES string of the molecule is Cc1cc(OCCCN2CCN(c3cccc(Cl)c3Cl)CC2)c2c(C)cc(=O)oc2c1. The Hall–Kier alpha value is -2.21. The van der Waals surface area contributed by atoms with Crippen LogP contribution in [0.25, 0.3) is 11.0 Å². The van der Waals surface area contributed by atoms with Crippen LogP contribution in [-0.4, -0.2) is 44.2 Å². The fraction of sp³-hybridized carbons (Fsp3) is 0.375. The molecular weight excluding hydrogens is 435 g/mol. The zero-order valence-corrected chi connectivity index (χ0v) is 19.3. The number of piperazine rings is 1. The Morgan fingerprint density at radius 3 is 2.61 bits per heavy atom. The zero-order chi connectivity index (χ0) is 22.0. The van der Waals surface area contributed by atoms with Gasteiger partial charge in [0.25, 0.3) is 0 Å². The van der Waals surface area contributed by atoms with E-state index in [0.717, 1.165) is 67.1 Å². The summed E-state index contributed by atoms with van der Waals surface area (Å²) in [5.41, 5.74) is 3.13. The second-order valence-electron chi connectivity index (χ2n) is 7.99. The van der Waals surface area contributed by atoms with Gasteiger partial charge in [-0.2, -0.15) is 0 Å². The summed E-state index contributed by atoms with van der Waals surface area (Å²) in [5, 5.41) is 2.09. The highest BCUT2D eigenvalue weighted by Gasteiger charge is 2.19. The third-order valence-corrected chi connectivity index (χ3v) is 6.48. The first-order valence-corrected chi connectivity index (χ1v) is 11.3. The molecule has 1 aromatic heterocycles. The third-order valence-electron chi connectivity index (χ3n) is 5.67. The van der Waals surface area contributed by atoms with Crippen LogP contribution in [0.5, 0.6) is 5.75 Å². The molecule has 164 valence electrons. The lowest BCUT2D eigenvalue weighted by Gasteiger charge is -2.36. The number of anilines is 1. The third kappa shape index (κ3) is 5.00. The highest BCUT2D eigenvalue weighted by Crippen LogP contribution is 2.33. The van der Waals surface area contributed by atoms with Crippen LogP contribution in [0.15, 0.2) is 45.6 Å². The van der Waals surface area contributed by atoms with Gasteiger partial charge < -0.3 is 14.1 Å². The van der Waals surface area contributed by atoms with Crippen molar-refractivity contribution in [2.45, 2.75) is 20.3 Å². The van der Waals surface area contributed by atoms with Crippen molar-refractivity contribution < 1.29 is 9.15 Å². The molecular formula is C24H26Cl2N2O3. The van der Waals surface area contributed by atoms with E-state index in [4.69, 9.17) is 32.4 Å². The van der Waals surface area contributed by atoms with Crippen LogP contribution in [0.3, 0.4) is 0 Å². The minimum atomic E-state index is -0.334. The topological polar surface area (TPSA) is 45.9 Å². The van der Waals surface area contributed by atoms with Crippen molar-refractivity contribution in [1.29, 1.82) is 0 Å². The van der Waals surface area contributed by atoms with Crippen molar-refractivity contribution in [3.05, 3.63) is 68.0 Å². The average Bonchev–Trinajstić information content (AvgIpc) is 2.73. The summed E-state index contributed by atoms with van der Waals surface area (Å²) in [6.07, 6.45) is 0.920. The molecule has 1 aliphatic heterocycles. The van der Waals surface area contributed by atoms with Crippen molar-refractivity contribution in [1.82, 2.24) is 4.90 Å². The second kappa shape index (κ2) is 9.51. The molecule has 0 aliphatic carbocycles. The Bertz CT molecular complexity index is 1140. The fourth-order valence-electron chi connectivity index (χ4n) is 4.11. The molecule has 31 heavy (non-hydrogen) atoms. The maximum atomic E-state index is 11.7. The average molecular weight is 461 g/mol. The molecule has 0 radical (unpaired) electrons. The van der Waals surface area contributed by atoms with Crippen LogP contribution in [0.1, 0.15) is 17.5 Å². The molecule has 5 nitrogen and oxygen atoms in total. The molecule has 4 rings (SSSR count). The molecule has 2 aromatic carbocycles. The van der Waals surface area contributed by atoms with E-state index < -0.39 is 0 Å². The smallest absolute Gasteiger partial charge is 0.336 e. The molecule has 1 fully saturated rings. The molecule has 3 aromatic rings. The van der Waals surface area contributed by atoms with Gasteiger partial charge in [0.15, 0.2) is 0 Å². The normalized spacial score (nSPS) is 14.9. The molecule has 7 heteroatoms. The number of hydrogen-bond donors (Lipinski definition) is 0. The van der Waals surface area contributed by atoms with E-state index >= 15 is 0 Å². The Kier molecular flexibility index (Phi) is 6.75.